The zero-order valence-corrected chi connectivity index (χ0v) is 11.7. The van der Waals surface area contributed by atoms with Crippen molar-refractivity contribution in [3.63, 3.8) is 0 Å². The van der Waals surface area contributed by atoms with Gasteiger partial charge in [-0.25, -0.2) is 0 Å². The Bertz CT molecular complexity index is 292. The highest BCUT2D eigenvalue weighted by Crippen LogP contribution is 1.96. The minimum atomic E-state index is -0.962. The van der Waals surface area contributed by atoms with Crippen molar-refractivity contribution in [1.82, 2.24) is 10.6 Å². The van der Waals surface area contributed by atoms with Gasteiger partial charge in [-0.1, -0.05) is 13.8 Å². The molecule has 0 radical (unpaired) electrons. The summed E-state index contributed by atoms with van der Waals surface area (Å²) in [7, 11) is -0.962. The molecule has 0 aliphatic carbocycles. The molecule has 0 aromatic carbocycles. The van der Waals surface area contributed by atoms with Crippen molar-refractivity contribution in [1.29, 1.82) is 0 Å². The van der Waals surface area contributed by atoms with Crippen LogP contribution >= 0.6 is 0 Å². The highest BCUT2D eigenvalue weighted by atomic mass is 32.2. The molecule has 0 aromatic rings. The van der Waals surface area contributed by atoms with Crippen molar-refractivity contribution >= 4 is 22.6 Å². The molecule has 0 aromatic heterocycles. The Morgan fingerprint density at radius 1 is 1.29 bits per heavy atom. The van der Waals surface area contributed by atoms with Gasteiger partial charge in [0, 0.05) is 36.3 Å². The van der Waals surface area contributed by atoms with Gasteiger partial charge in [-0.2, -0.15) is 0 Å². The van der Waals surface area contributed by atoms with Gasteiger partial charge in [0.15, 0.2) is 0 Å². The lowest BCUT2D eigenvalue weighted by Crippen LogP contribution is -2.47. The Morgan fingerprint density at radius 2 is 1.88 bits per heavy atom. The van der Waals surface area contributed by atoms with Crippen molar-refractivity contribution in [2.24, 2.45) is 5.92 Å². The summed E-state index contributed by atoms with van der Waals surface area (Å²) in [5.41, 5.74) is 0. The Morgan fingerprint density at radius 3 is 2.29 bits per heavy atom. The minimum absolute atomic E-state index is 0.209. The molecule has 2 amide bonds. The van der Waals surface area contributed by atoms with Crippen LogP contribution in [0.2, 0.25) is 0 Å². The third-order valence-electron chi connectivity index (χ3n) is 2.07. The zero-order chi connectivity index (χ0) is 13.4. The number of rotatable bonds is 7. The standard InChI is InChI=1S/C11H22N2O3S/c1-8(2)7-12-11(15)10(13-9(3)14)5-6-17(4)16/h8,10H,5-7H2,1-4H3,(H,12,15)(H,13,14). The van der Waals surface area contributed by atoms with Crippen LogP contribution in [0.5, 0.6) is 0 Å². The maximum absolute atomic E-state index is 11.8. The van der Waals surface area contributed by atoms with Crippen LogP contribution in [0, 0.1) is 5.92 Å². The van der Waals surface area contributed by atoms with Gasteiger partial charge in [-0.05, 0) is 12.3 Å². The van der Waals surface area contributed by atoms with E-state index in [1.807, 2.05) is 13.8 Å². The van der Waals surface area contributed by atoms with Crippen LogP contribution in [-0.4, -0.2) is 40.6 Å². The Kier molecular flexibility index (Phi) is 7.78. The van der Waals surface area contributed by atoms with Crippen molar-refractivity contribution in [2.45, 2.75) is 33.2 Å². The summed E-state index contributed by atoms with van der Waals surface area (Å²) in [6.07, 6.45) is 1.98. The van der Waals surface area contributed by atoms with Crippen LogP contribution in [-0.2, 0) is 20.4 Å². The second-order valence-electron chi connectivity index (χ2n) is 4.46. The van der Waals surface area contributed by atoms with Gasteiger partial charge in [0.1, 0.15) is 6.04 Å². The molecule has 0 rings (SSSR count). The van der Waals surface area contributed by atoms with E-state index in [1.165, 1.54) is 6.92 Å². The Hall–Kier alpha value is -0.910. The molecule has 5 nitrogen and oxygen atoms in total. The summed E-state index contributed by atoms with van der Waals surface area (Å²) in [4.78, 5) is 22.7. The zero-order valence-electron chi connectivity index (χ0n) is 10.9. The molecule has 17 heavy (non-hydrogen) atoms. The van der Waals surface area contributed by atoms with Crippen LogP contribution in [0.1, 0.15) is 27.2 Å². The van der Waals surface area contributed by atoms with E-state index in [9.17, 15) is 13.8 Å². The monoisotopic (exact) mass is 262 g/mol. The Balaban J connectivity index is 4.28. The smallest absolute Gasteiger partial charge is 0.242 e. The first-order chi connectivity index (χ1) is 7.82. The fourth-order valence-corrected chi connectivity index (χ4v) is 1.79. The average molecular weight is 262 g/mol. The molecule has 100 valence electrons. The highest BCUT2D eigenvalue weighted by molar-refractivity contribution is 7.84. The molecule has 6 heteroatoms. The van der Waals surface area contributed by atoms with E-state index in [-0.39, 0.29) is 11.8 Å². The summed E-state index contributed by atoms with van der Waals surface area (Å²) in [6.45, 7) is 5.93. The number of hydrogen-bond donors (Lipinski definition) is 2. The lowest BCUT2D eigenvalue weighted by molar-refractivity contribution is -0.128. The molecule has 2 atom stereocenters. The van der Waals surface area contributed by atoms with E-state index in [4.69, 9.17) is 0 Å². The molecule has 0 fully saturated rings. The largest absolute Gasteiger partial charge is 0.354 e. The molecule has 0 aliphatic rings. The van der Waals surface area contributed by atoms with Crippen molar-refractivity contribution in [3.8, 4) is 0 Å². The van der Waals surface area contributed by atoms with E-state index >= 15 is 0 Å². The van der Waals surface area contributed by atoms with Gasteiger partial charge >= 0.3 is 0 Å². The fourth-order valence-electron chi connectivity index (χ4n) is 1.23. The second kappa shape index (κ2) is 8.22. The molecule has 0 heterocycles. The average Bonchev–Trinajstić information content (AvgIpc) is 2.19. The molecule has 0 aliphatic heterocycles. The van der Waals surface area contributed by atoms with Gasteiger partial charge in [0.05, 0.1) is 0 Å². The molecule has 0 spiro atoms. The minimum Gasteiger partial charge on any atom is -0.354 e. The summed E-state index contributed by atoms with van der Waals surface area (Å²) in [5, 5.41) is 5.33. The summed E-state index contributed by atoms with van der Waals surface area (Å²) >= 11 is 0. The molecule has 2 unspecified atom stereocenters. The van der Waals surface area contributed by atoms with E-state index in [2.05, 4.69) is 10.6 Å². The van der Waals surface area contributed by atoms with Gasteiger partial charge in [0.25, 0.3) is 0 Å². The van der Waals surface area contributed by atoms with Crippen LogP contribution in [0.4, 0.5) is 0 Å². The van der Waals surface area contributed by atoms with Gasteiger partial charge in [-0.3, -0.25) is 13.8 Å². The predicted molar refractivity (Wildman–Crippen MR) is 69.0 cm³/mol. The van der Waals surface area contributed by atoms with E-state index in [0.717, 1.165) is 0 Å². The third kappa shape index (κ3) is 8.85. The second-order valence-corrected chi connectivity index (χ2v) is 6.01. The van der Waals surface area contributed by atoms with E-state index < -0.39 is 16.8 Å². The third-order valence-corrected chi connectivity index (χ3v) is 2.88. The lowest BCUT2D eigenvalue weighted by Gasteiger charge is -2.17. The highest BCUT2D eigenvalue weighted by Gasteiger charge is 2.19. The first-order valence-electron chi connectivity index (χ1n) is 5.67. The van der Waals surface area contributed by atoms with Crippen LogP contribution in [0.3, 0.4) is 0 Å². The van der Waals surface area contributed by atoms with Crippen molar-refractivity contribution in [3.05, 3.63) is 0 Å². The number of carbonyl (C=O) groups excluding carboxylic acids is 2. The lowest BCUT2D eigenvalue weighted by atomic mass is 10.2. The van der Waals surface area contributed by atoms with Crippen LogP contribution in [0.25, 0.3) is 0 Å². The van der Waals surface area contributed by atoms with E-state index in [0.29, 0.717) is 24.6 Å². The number of carbonyl (C=O) groups is 2. The number of amides is 2. The van der Waals surface area contributed by atoms with Crippen molar-refractivity contribution in [2.75, 3.05) is 18.6 Å². The molecular formula is C11H22N2O3S. The summed E-state index contributed by atoms with van der Waals surface area (Å²) in [5.74, 6) is 0.299. The first-order valence-corrected chi connectivity index (χ1v) is 7.40. The topological polar surface area (TPSA) is 75.3 Å². The summed E-state index contributed by atoms with van der Waals surface area (Å²) in [6, 6.07) is -0.588. The fraction of sp³-hybridized carbons (Fsp3) is 0.818. The van der Waals surface area contributed by atoms with Crippen LogP contribution in [0.15, 0.2) is 0 Å². The molecular weight excluding hydrogens is 240 g/mol. The Labute approximate surface area is 105 Å². The normalized spacial score (nSPS) is 14.2. The number of hydrogen-bond acceptors (Lipinski definition) is 3. The number of nitrogens with one attached hydrogen (secondary N) is 2. The maximum Gasteiger partial charge on any atom is 0.242 e. The van der Waals surface area contributed by atoms with Gasteiger partial charge in [-0.15, -0.1) is 0 Å². The first kappa shape index (κ1) is 16.1. The van der Waals surface area contributed by atoms with Gasteiger partial charge in [0.2, 0.25) is 11.8 Å². The molecule has 0 bridgehead atoms. The van der Waals surface area contributed by atoms with Gasteiger partial charge < -0.3 is 10.6 Å². The predicted octanol–water partition coefficient (Wildman–Crippen LogP) is 0.0319. The maximum atomic E-state index is 11.8. The van der Waals surface area contributed by atoms with Crippen LogP contribution < -0.4 is 10.6 Å². The summed E-state index contributed by atoms with van der Waals surface area (Å²) < 4.78 is 11.0. The molecule has 2 N–H and O–H groups in total. The molecule has 0 saturated carbocycles. The van der Waals surface area contributed by atoms with E-state index in [1.54, 1.807) is 6.26 Å². The molecule has 0 saturated heterocycles. The van der Waals surface area contributed by atoms with Crippen molar-refractivity contribution < 1.29 is 13.8 Å². The quantitative estimate of drug-likeness (QED) is 0.680. The SMILES string of the molecule is CC(=O)NC(CCS(C)=O)C(=O)NCC(C)C.